The molecule has 10 heteroatoms. The summed E-state index contributed by atoms with van der Waals surface area (Å²) in [5.74, 6) is 1.69. The minimum absolute atomic E-state index is 0.0657. The molecule has 8 nitrogen and oxygen atoms in total. The monoisotopic (exact) mass is 470 g/mol. The Labute approximate surface area is 195 Å². The summed E-state index contributed by atoms with van der Waals surface area (Å²) in [7, 11) is 0. The standard InChI is InChI=1S/C22H24ClN7OS/c1-14(28-21-19-20(25-12-24-19)26-13-27-21)17-11-15-3-2-4-16(23)18(15)22(29-17)32-10-7-30-5-8-31-9-6-30/h2-4,11-14H,5-10H2,1H3,(H2,24,25,26,27,28)/p+1/t14-/m0/s1. The Morgan fingerprint density at radius 2 is 2.12 bits per heavy atom. The zero-order chi connectivity index (χ0) is 21.9. The first-order valence-electron chi connectivity index (χ1n) is 10.7. The van der Waals surface area contributed by atoms with Gasteiger partial charge in [-0.2, -0.15) is 0 Å². The van der Waals surface area contributed by atoms with Gasteiger partial charge in [-0.3, -0.25) is 0 Å². The molecule has 3 N–H and O–H groups in total. The van der Waals surface area contributed by atoms with Crippen LogP contribution in [0.5, 0.6) is 0 Å². The Morgan fingerprint density at radius 1 is 1.25 bits per heavy atom. The van der Waals surface area contributed by atoms with Gasteiger partial charge in [-0.25, -0.2) is 19.9 Å². The van der Waals surface area contributed by atoms with Crippen molar-refractivity contribution >= 4 is 51.1 Å². The average molecular weight is 471 g/mol. The number of anilines is 1. The first-order chi connectivity index (χ1) is 15.7. The van der Waals surface area contributed by atoms with Crippen molar-refractivity contribution in [1.82, 2.24) is 24.9 Å². The summed E-state index contributed by atoms with van der Waals surface area (Å²) in [5, 5.41) is 7.27. The highest BCUT2D eigenvalue weighted by atomic mass is 35.5. The van der Waals surface area contributed by atoms with Crippen molar-refractivity contribution < 1.29 is 9.64 Å². The van der Waals surface area contributed by atoms with E-state index < -0.39 is 0 Å². The van der Waals surface area contributed by atoms with Gasteiger partial charge in [0, 0.05) is 11.1 Å². The van der Waals surface area contributed by atoms with Gasteiger partial charge in [-0.1, -0.05) is 35.5 Å². The largest absolute Gasteiger partial charge is 0.370 e. The Hall–Kier alpha value is -2.46. The molecular weight excluding hydrogens is 446 g/mol. The summed E-state index contributed by atoms with van der Waals surface area (Å²) in [6.45, 7) is 6.99. The van der Waals surface area contributed by atoms with E-state index in [1.165, 1.54) is 6.33 Å². The molecule has 0 unspecified atom stereocenters. The molecule has 1 aliphatic rings. The number of nitrogens with one attached hydrogen (secondary N) is 3. The van der Waals surface area contributed by atoms with Crippen molar-refractivity contribution in [3.05, 3.63) is 47.6 Å². The molecule has 166 valence electrons. The molecule has 1 aliphatic heterocycles. The van der Waals surface area contributed by atoms with Crippen LogP contribution in [0.2, 0.25) is 5.02 Å². The summed E-state index contributed by atoms with van der Waals surface area (Å²) in [6, 6.07) is 8.04. The minimum atomic E-state index is -0.0657. The number of H-pyrrole nitrogens is 1. The molecule has 4 heterocycles. The maximum absolute atomic E-state index is 6.59. The lowest BCUT2D eigenvalue weighted by Gasteiger charge is -2.23. The third-order valence-electron chi connectivity index (χ3n) is 5.71. The quantitative estimate of drug-likeness (QED) is 0.357. The highest BCUT2D eigenvalue weighted by Gasteiger charge is 2.18. The fourth-order valence-corrected chi connectivity index (χ4v) is 5.39. The Kier molecular flexibility index (Phi) is 6.40. The number of morpholine rings is 1. The molecule has 0 aliphatic carbocycles. The van der Waals surface area contributed by atoms with Crippen LogP contribution in [-0.4, -0.2) is 63.5 Å². The number of nitrogens with zero attached hydrogens (tertiary/aromatic N) is 4. The normalized spacial score (nSPS) is 15.9. The number of ether oxygens (including phenoxy) is 1. The molecule has 0 spiro atoms. The number of imidazole rings is 1. The Balaban J connectivity index is 1.40. The number of hydrogen-bond donors (Lipinski definition) is 3. The smallest absolute Gasteiger partial charge is 0.182 e. The van der Waals surface area contributed by atoms with E-state index >= 15 is 0 Å². The van der Waals surface area contributed by atoms with Crippen LogP contribution in [0.4, 0.5) is 5.82 Å². The second-order valence-electron chi connectivity index (χ2n) is 7.84. The van der Waals surface area contributed by atoms with Crippen molar-refractivity contribution in [1.29, 1.82) is 0 Å². The summed E-state index contributed by atoms with van der Waals surface area (Å²) < 4.78 is 5.47. The lowest BCUT2D eigenvalue weighted by molar-refractivity contribution is -0.905. The molecule has 1 saturated heterocycles. The van der Waals surface area contributed by atoms with Gasteiger partial charge in [0.2, 0.25) is 0 Å². The van der Waals surface area contributed by atoms with Gasteiger partial charge >= 0.3 is 0 Å². The van der Waals surface area contributed by atoms with Gasteiger partial charge in [-0.15, -0.1) is 0 Å². The second kappa shape index (κ2) is 9.58. The van der Waals surface area contributed by atoms with E-state index in [4.69, 9.17) is 21.3 Å². The van der Waals surface area contributed by atoms with Gasteiger partial charge < -0.3 is 19.9 Å². The van der Waals surface area contributed by atoms with Crippen LogP contribution in [0, 0.1) is 0 Å². The van der Waals surface area contributed by atoms with Crippen molar-refractivity contribution in [3.8, 4) is 0 Å². The SMILES string of the molecule is C[C@H](Nc1ncnc2nc[nH]c12)c1cc2cccc(Cl)c2c(SCC[NH+]2CCOCC2)n1. The number of pyridine rings is 1. The zero-order valence-corrected chi connectivity index (χ0v) is 19.3. The summed E-state index contributed by atoms with van der Waals surface area (Å²) in [5.41, 5.74) is 2.35. The second-order valence-corrected chi connectivity index (χ2v) is 9.33. The van der Waals surface area contributed by atoms with Crippen LogP contribution < -0.4 is 10.2 Å². The van der Waals surface area contributed by atoms with E-state index in [2.05, 4.69) is 44.3 Å². The van der Waals surface area contributed by atoms with Gasteiger partial charge in [0.05, 0.1) is 42.8 Å². The molecule has 1 atom stereocenters. The van der Waals surface area contributed by atoms with E-state index in [9.17, 15) is 0 Å². The van der Waals surface area contributed by atoms with Gasteiger partial charge in [0.25, 0.3) is 0 Å². The van der Waals surface area contributed by atoms with Crippen molar-refractivity contribution in [2.24, 2.45) is 0 Å². The number of thioether (sulfide) groups is 1. The third-order valence-corrected chi connectivity index (χ3v) is 7.00. The molecular formula is C22H25ClN7OS+. The third kappa shape index (κ3) is 4.52. The number of halogens is 1. The van der Waals surface area contributed by atoms with Crippen LogP contribution in [0.1, 0.15) is 18.7 Å². The van der Waals surface area contributed by atoms with E-state index in [0.717, 1.165) is 70.6 Å². The maximum Gasteiger partial charge on any atom is 0.182 e. The van der Waals surface area contributed by atoms with E-state index in [1.54, 1.807) is 23.0 Å². The van der Waals surface area contributed by atoms with Crippen molar-refractivity contribution in [3.63, 3.8) is 0 Å². The molecule has 5 rings (SSSR count). The summed E-state index contributed by atoms with van der Waals surface area (Å²) in [6.07, 6.45) is 3.14. The molecule has 1 aromatic carbocycles. The lowest BCUT2D eigenvalue weighted by atomic mass is 10.1. The molecule has 0 amide bonds. The van der Waals surface area contributed by atoms with E-state index in [0.29, 0.717) is 11.5 Å². The molecule has 3 aromatic heterocycles. The van der Waals surface area contributed by atoms with E-state index in [-0.39, 0.29) is 6.04 Å². The zero-order valence-electron chi connectivity index (χ0n) is 17.8. The predicted octanol–water partition coefficient (Wildman–Crippen LogP) is 2.73. The lowest BCUT2D eigenvalue weighted by Crippen LogP contribution is -3.14. The topological polar surface area (TPSA) is 93.1 Å². The predicted molar refractivity (Wildman–Crippen MR) is 128 cm³/mol. The minimum Gasteiger partial charge on any atom is -0.370 e. The fraction of sp³-hybridized carbons (Fsp3) is 0.364. The first-order valence-corrected chi connectivity index (χ1v) is 12.1. The first kappa shape index (κ1) is 21.4. The molecule has 32 heavy (non-hydrogen) atoms. The Morgan fingerprint density at radius 3 is 3.00 bits per heavy atom. The van der Waals surface area contributed by atoms with Crippen LogP contribution in [0.15, 0.2) is 41.9 Å². The number of quaternary nitrogens is 1. The number of hydrogen-bond acceptors (Lipinski definition) is 7. The fourth-order valence-electron chi connectivity index (χ4n) is 3.93. The summed E-state index contributed by atoms with van der Waals surface area (Å²) in [4.78, 5) is 22.5. The molecule has 0 radical (unpaired) electrons. The number of fused-ring (bicyclic) bond motifs is 2. The van der Waals surface area contributed by atoms with Crippen LogP contribution in [-0.2, 0) is 4.74 Å². The van der Waals surface area contributed by atoms with Gasteiger partial charge in [0.1, 0.15) is 30.0 Å². The number of aromatic amines is 1. The van der Waals surface area contributed by atoms with Crippen LogP contribution in [0.3, 0.4) is 0 Å². The Bertz CT molecular complexity index is 1230. The average Bonchev–Trinajstić information content (AvgIpc) is 3.30. The summed E-state index contributed by atoms with van der Waals surface area (Å²) >= 11 is 8.36. The van der Waals surface area contributed by atoms with Crippen LogP contribution in [0.25, 0.3) is 21.9 Å². The maximum atomic E-state index is 6.59. The highest BCUT2D eigenvalue weighted by molar-refractivity contribution is 7.99. The molecule has 4 aromatic rings. The molecule has 0 bridgehead atoms. The number of aromatic nitrogens is 5. The van der Waals surface area contributed by atoms with E-state index in [1.807, 2.05) is 12.1 Å². The van der Waals surface area contributed by atoms with Crippen molar-refractivity contribution in [2.75, 3.05) is 43.9 Å². The number of benzene rings is 1. The highest BCUT2D eigenvalue weighted by Crippen LogP contribution is 2.34. The van der Waals surface area contributed by atoms with Gasteiger partial charge in [0.15, 0.2) is 11.5 Å². The van der Waals surface area contributed by atoms with Crippen LogP contribution >= 0.6 is 23.4 Å². The number of rotatable bonds is 7. The van der Waals surface area contributed by atoms with Crippen molar-refractivity contribution in [2.45, 2.75) is 18.0 Å². The van der Waals surface area contributed by atoms with Gasteiger partial charge in [-0.05, 0) is 24.4 Å². The molecule has 1 fully saturated rings. The molecule has 0 saturated carbocycles.